The highest BCUT2D eigenvalue weighted by Gasteiger charge is 2.01. The second-order valence-electron chi connectivity index (χ2n) is 3.58. The first-order chi connectivity index (χ1) is 7.65. The van der Waals surface area contributed by atoms with Gasteiger partial charge in [0.2, 0.25) is 0 Å². The van der Waals surface area contributed by atoms with Crippen molar-refractivity contribution >= 4 is 33.1 Å². The second-order valence-corrected chi connectivity index (χ2v) is 4.50. The molecule has 1 aromatic heterocycles. The van der Waals surface area contributed by atoms with Crippen LogP contribution in [0.25, 0.3) is 0 Å². The summed E-state index contributed by atoms with van der Waals surface area (Å²) in [6.07, 6.45) is 1.79. The SMILES string of the molecule is Cc1cnc(Nc2ccc(Br)cc2)c(N)c1. The van der Waals surface area contributed by atoms with Crippen molar-refractivity contribution in [1.29, 1.82) is 0 Å². The lowest BCUT2D eigenvalue weighted by Gasteiger charge is -2.08. The quantitative estimate of drug-likeness (QED) is 0.884. The predicted molar refractivity (Wildman–Crippen MR) is 70.8 cm³/mol. The number of halogens is 1. The van der Waals surface area contributed by atoms with E-state index >= 15 is 0 Å². The van der Waals surface area contributed by atoms with Gasteiger partial charge in [-0.25, -0.2) is 4.98 Å². The molecule has 0 saturated carbocycles. The summed E-state index contributed by atoms with van der Waals surface area (Å²) in [5.41, 5.74) is 8.54. The van der Waals surface area contributed by atoms with Gasteiger partial charge in [-0.3, -0.25) is 0 Å². The lowest BCUT2D eigenvalue weighted by atomic mass is 10.2. The van der Waals surface area contributed by atoms with Crippen molar-refractivity contribution in [1.82, 2.24) is 4.98 Å². The molecule has 0 spiro atoms. The molecular formula is C12H12BrN3. The summed E-state index contributed by atoms with van der Waals surface area (Å²) in [4.78, 5) is 4.25. The number of nitrogen functional groups attached to an aromatic ring is 1. The van der Waals surface area contributed by atoms with E-state index in [9.17, 15) is 0 Å². The molecule has 0 radical (unpaired) electrons. The molecule has 16 heavy (non-hydrogen) atoms. The zero-order valence-electron chi connectivity index (χ0n) is 8.87. The molecule has 3 N–H and O–H groups in total. The minimum absolute atomic E-state index is 0.655. The van der Waals surface area contributed by atoms with Crippen LogP contribution in [0.5, 0.6) is 0 Å². The van der Waals surface area contributed by atoms with Crippen LogP contribution in [0.1, 0.15) is 5.56 Å². The molecule has 0 saturated heterocycles. The highest BCUT2D eigenvalue weighted by Crippen LogP contribution is 2.22. The molecule has 2 rings (SSSR count). The van der Waals surface area contributed by atoms with Gasteiger partial charge in [0, 0.05) is 16.4 Å². The van der Waals surface area contributed by atoms with Crippen molar-refractivity contribution in [2.24, 2.45) is 0 Å². The van der Waals surface area contributed by atoms with Gasteiger partial charge < -0.3 is 11.1 Å². The predicted octanol–water partition coefficient (Wildman–Crippen LogP) is 3.48. The standard InChI is InChI=1S/C12H12BrN3/c1-8-6-11(14)12(15-7-8)16-10-4-2-9(13)3-5-10/h2-7H,14H2,1H3,(H,15,16). The van der Waals surface area contributed by atoms with Crippen molar-refractivity contribution in [3.63, 3.8) is 0 Å². The number of pyridine rings is 1. The van der Waals surface area contributed by atoms with Crippen LogP contribution in [0.3, 0.4) is 0 Å². The van der Waals surface area contributed by atoms with E-state index in [0.29, 0.717) is 11.5 Å². The maximum Gasteiger partial charge on any atom is 0.153 e. The van der Waals surface area contributed by atoms with E-state index in [0.717, 1.165) is 15.7 Å². The second kappa shape index (κ2) is 4.53. The fraction of sp³-hybridized carbons (Fsp3) is 0.0833. The molecule has 0 aliphatic rings. The summed E-state index contributed by atoms with van der Waals surface area (Å²) in [6.45, 7) is 1.97. The first-order valence-electron chi connectivity index (χ1n) is 4.90. The molecule has 0 unspecified atom stereocenters. The maximum atomic E-state index is 5.86. The van der Waals surface area contributed by atoms with Gasteiger partial charge in [-0.2, -0.15) is 0 Å². The van der Waals surface area contributed by atoms with Gasteiger partial charge in [-0.05, 0) is 42.8 Å². The third-order valence-electron chi connectivity index (χ3n) is 2.16. The Balaban J connectivity index is 2.23. The number of benzene rings is 1. The molecule has 1 aromatic carbocycles. The molecule has 0 amide bonds. The maximum absolute atomic E-state index is 5.86. The molecule has 2 aromatic rings. The Morgan fingerprint density at radius 2 is 1.94 bits per heavy atom. The number of hydrogen-bond acceptors (Lipinski definition) is 3. The Morgan fingerprint density at radius 1 is 1.25 bits per heavy atom. The van der Waals surface area contributed by atoms with E-state index in [-0.39, 0.29) is 0 Å². The number of anilines is 3. The van der Waals surface area contributed by atoms with Gasteiger partial charge in [0.25, 0.3) is 0 Å². The Bertz CT molecular complexity index is 494. The zero-order chi connectivity index (χ0) is 11.5. The lowest BCUT2D eigenvalue weighted by Crippen LogP contribution is -1.99. The summed E-state index contributed by atoms with van der Waals surface area (Å²) in [6, 6.07) is 9.75. The largest absolute Gasteiger partial charge is 0.396 e. The molecule has 0 bridgehead atoms. The van der Waals surface area contributed by atoms with Crippen molar-refractivity contribution in [3.05, 3.63) is 46.6 Å². The molecule has 0 aliphatic heterocycles. The van der Waals surface area contributed by atoms with Crippen LogP contribution in [0.2, 0.25) is 0 Å². The highest BCUT2D eigenvalue weighted by atomic mass is 79.9. The normalized spacial score (nSPS) is 10.1. The van der Waals surface area contributed by atoms with Gasteiger partial charge >= 0.3 is 0 Å². The smallest absolute Gasteiger partial charge is 0.153 e. The van der Waals surface area contributed by atoms with Crippen LogP contribution in [-0.2, 0) is 0 Å². The minimum Gasteiger partial charge on any atom is -0.396 e. The Labute approximate surface area is 103 Å². The number of nitrogens with two attached hydrogens (primary N) is 1. The lowest BCUT2D eigenvalue weighted by molar-refractivity contribution is 1.26. The summed E-state index contributed by atoms with van der Waals surface area (Å²) < 4.78 is 1.04. The Hall–Kier alpha value is -1.55. The van der Waals surface area contributed by atoms with Crippen LogP contribution < -0.4 is 11.1 Å². The number of hydrogen-bond donors (Lipinski definition) is 2. The van der Waals surface area contributed by atoms with E-state index in [1.165, 1.54) is 0 Å². The number of aryl methyl sites for hydroxylation is 1. The van der Waals surface area contributed by atoms with Gasteiger partial charge in [0.15, 0.2) is 5.82 Å². The summed E-state index contributed by atoms with van der Waals surface area (Å²) in [7, 11) is 0. The van der Waals surface area contributed by atoms with Crippen molar-refractivity contribution in [2.45, 2.75) is 6.92 Å². The van der Waals surface area contributed by atoms with E-state index < -0.39 is 0 Å². The average molecular weight is 278 g/mol. The van der Waals surface area contributed by atoms with Crippen LogP contribution in [0.15, 0.2) is 41.0 Å². The first kappa shape index (κ1) is 11.0. The molecule has 4 heteroatoms. The molecule has 0 atom stereocenters. The molecule has 0 aliphatic carbocycles. The monoisotopic (exact) mass is 277 g/mol. The highest BCUT2D eigenvalue weighted by molar-refractivity contribution is 9.10. The third kappa shape index (κ3) is 2.52. The fourth-order valence-electron chi connectivity index (χ4n) is 1.37. The Kier molecular flexibility index (Phi) is 3.10. The van der Waals surface area contributed by atoms with Gasteiger partial charge in [0.1, 0.15) is 0 Å². The molecule has 0 fully saturated rings. The summed E-state index contributed by atoms with van der Waals surface area (Å²) in [5, 5.41) is 3.17. The Morgan fingerprint density at radius 3 is 2.56 bits per heavy atom. The molecular weight excluding hydrogens is 266 g/mol. The number of nitrogens with one attached hydrogen (secondary N) is 1. The topological polar surface area (TPSA) is 50.9 Å². The molecule has 3 nitrogen and oxygen atoms in total. The van der Waals surface area contributed by atoms with Crippen LogP contribution >= 0.6 is 15.9 Å². The van der Waals surface area contributed by atoms with Gasteiger partial charge in [-0.1, -0.05) is 15.9 Å². The van der Waals surface area contributed by atoms with E-state index in [4.69, 9.17) is 5.73 Å². The van der Waals surface area contributed by atoms with Crippen molar-refractivity contribution < 1.29 is 0 Å². The fourth-order valence-corrected chi connectivity index (χ4v) is 1.63. The zero-order valence-corrected chi connectivity index (χ0v) is 10.5. The third-order valence-corrected chi connectivity index (χ3v) is 2.69. The van der Waals surface area contributed by atoms with Gasteiger partial charge in [-0.15, -0.1) is 0 Å². The summed E-state index contributed by atoms with van der Waals surface area (Å²) in [5.74, 6) is 0.688. The molecule has 82 valence electrons. The van der Waals surface area contributed by atoms with Gasteiger partial charge in [0.05, 0.1) is 5.69 Å². The summed E-state index contributed by atoms with van der Waals surface area (Å²) >= 11 is 3.39. The minimum atomic E-state index is 0.655. The number of rotatable bonds is 2. The number of nitrogens with zero attached hydrogens (tertiary/aromatic N) is 1. The van der Waals surface area contributed by atoms with Crippen molar-refractivity contribution in [2.75, 3.05) is 11.1 Å². The van der Waals surface area contributed by atoms with E-state index in [1.54, 1.807) is 6.20 Å². The van der Waals surface area contributed by atoms with E-state index in [1.807, 2.05) is 37.3 Å². The first-order valence-corrected chi connectivity index (χ1v) is 5.69. The van der Waals surface area contributed by atoms with Crippen LogP contribution in [-0.4, -0.2) is 4.98 Å². The van der Waals surface area contributed by atoms with Crippen LogP contribution in [0.4, 0.5) is 17.2 Å². The van der Waals surface area contributed by atoms with E-state index in [2.05, 4.69) is 26.2 Å². The number of aromatic nitrogens is 1. The van der Waals surface area contributed by atoms with Crippen LogP contribution in [0, 0.1) is 6.92 Å². The molecule has 1 heterocycles. The average Bonchev–Trinajstić information content (AvgIpc) is 2.25. The van der Waals surface area contributed by atoms with Crippen molar-refractivity contribution in [3.8, 4) is 0 Å².